The average molecular weight is 178 g/mol. The summed E-state index contributed by atoms with van der Waals surface area (Å²) < 4.78 is 6.28. The Kier molecular flexibility index (Phi) is 5.52. The molecule has 0 radical (unpaired) electrons. The molecule has 0 aromatic carbocycles. The molecule has 2 N–H and O–H groups in total. The van der Waals surface area contributed by atoms with Crippen LogP contribution in [0.5, 0.6) is 0 Å². The largest absolute Gasteiger partial charge is 0.264 e. The maximum atomic E-state index is 3.14. The standard InChI is InChI=1S/2C3H7NS/c2*1-2-4-5-3-1/h2*4H,1-3H2. The summed E-state index contributed by atoms with van der Waals surface area (Å²) in [5.74, 6) is 2.61. The summed E-state index contributed by atoms with van der Waals surface area (Å²) in [6.07, 6.45) is 2.70. The van der Waals surface area contributed by atoms with Gasteiger partial charge in [0.25, 0.3) is 0 Å². The van der Waals surface area contributed by atoms with Crippen LogP contribution in [0.4, 0.5) is 0 Å². The molecule has 0 bridgehead atoms. The normalized spacial score (nSPS) is 24.0. The molecule has 0 aromatic rings. The maximum absolute atomic E-state index is 3.14. The Morgan fingerprint density at radius 3 is 1.40 bits per heavy atom. The van der Waals surface area contributed by atoms with Gasteiger partial charge in [-0.2, -0.15) is 0 Å². The van der Waals surface area contributed by atoms with Crippen molar-refractivity contribution < 1.29 is 0 Å². The Morgan fingerprint density at radius 1 is 0.800 bits per heavy atom. The summed E-state index contributed by atoms with van der Waals surface area (Å²) in [5.41, 5.74) is 0. The van der Waals surface area contributed by atoms with Gasteiger partial charge in [-0.15, -0.1) is 0 Å². The first-order valence-electron chi connectivity index (χ1n) is 3.69. The second-order valence-electron chi connectivity index (χ2n) is 2.19. The Labute approximate surface area is 71.2 Å². The molecule has 2 saturated heterocycles. The molecule has 0 aromatic heterocycles. The lowest BCUT2D eigenvalue weighted by Crippen LogP contribution is -1.91. The molecule has 2 aliphatic rings. The Morgan fingerprint density at radius 2 is 1.30 bits per heavy atom. The van der Waals surface area contributed by atoms with Gasteiger partial charge in [0.05, 0.1) is 0 Å². The van der Waals surface area contributed by atoms with Crippen LogP contribution in [-0.4, -0.2) is 24.6 Å². The van der Waals surface area contributed by atoms with E-state index in [-0.39, 0.29) is 0 Å². The number of hydrogen-bond donors (Lipinski definition) is 2. The maximum Gasteiger partial charge on any atom is 0.00910 e. The van der Waals surface area contributed by atoms with E-state index in [1.165, 1.54) is 37.4 Å². The minimum absolute atomic E-state index is 1.21. The van der Waals surface area contributed by atoms with Crippen molar-refractivity contribution in [3.05, 3.63) is 0 Å². The van der Waals surface area contributed by atoms with Crippen molar-refractivity contribution in [2.24, 2.45) is 0 Å². The summed E-state index contributed by atoms with van der Waals surface area (Å²) >= 11 is 3.65. The first-order chi connectivity index (χ1) is 5.00. The molecule has 2 heterocycles. The summed E-state index contributed by atoms with van der Waals surface area (Å²) in [7, 11) is 0. The monoisotopic (exact) mass is 178 g/mol. The summed E-state index contributed by atoms with van der Waals surface area (Å²) in [6.45, 7) is 2.43. The molecule has 60 valence electrons. The fourth-order valence-corrected chi connectivity index (χ4v) is 2.17. The highest BCUT2D eigenvalue weighted by molar-refractivity contribution is 7.97. The lowest BCUT2D eigenvalue weighted by molar-refractivity contribution is 0.940. The van der Waals surface area contributed by atoms with Crippen LogP contribution >= 0.6 is 23.9 Å². The summed E-state index contributed by atoms with van der Waals surface area (Å²) in [5, 5.41) is 0. The molecule has 0 aliphatic carbocycles. The van der Waals surface area contributed by atoms with E-state index >= 15 is 0 Å². The molecular formula is C6H14N2S2. The number of nitrogens with one attached hydrogen (secondary N) is 2. The van der Waals surface area contributed by atoms with Crippen LogP contribution in [0.2, 0.25) is 0 Å². The second-order valence-corrected chi connectivity index (χ2v) is 4.16. The molecule has 0 atom stereocenters. The van der Waals surface area contributed by atoms with Crippen molar-refractivity contribution in [3.63, 3.8) is 0 Å². The molecular weight excluding hydrogens is 164 g/mol. The number of rotatable bonds is 0. The highest BCUT2D eigenvalue weighted by Crippen LogP contribution is 2.02. The topological polar surface area (TPSA) is 24.1 Å². The van der Waals surface area contributed by atoms with Crippen LogP contribution < -0.4 is 9.44 Å². The minimum Gasteiger partial charge on any atom is -0.264 e. The predicted molar refractivity (Wildman–Crippen MR) is 50.2 cm³/mol. The van der Waals surface area contributed by atoms with Gasteiger partial charge >= 0.3 is 0 Å². The van der Waals surface area contributed by atoms with Gasteiger partial charge in [0.15, 0.2) is 0 Å². The third-order valence-corrected chi connectivity index (χ3v) is 3.06. The third kappa shape index (κ3) is 4.44. The van der Waals surface area contributed by atoms with Gasteiger partial charge in [-0.3, -0.25) is 9.44 Å². The summed E-state index contributed by atoms with van der Waals surface area (Å²) in [4.78, 5) is 0. The van der Waals surface area contributed by atoms with Crippen molar-refractivity contribution in [3.8, 4) is 0 Å². The number of hydrogen-bond acceptors (Lipinski definition) is 4. The average Bonchev–Trinajstić information content (AvgIpc) is 2.67. The van der Waals surface area contributed by atoms with E-state index in [0.29, 0.717) is 0 Å². The van der Waals surface area contributed by atoms with Crippen LogP contribution in [-0.2, 0) is 0 Å². The lowest BCUT2D eigenvalue weighted by Gasteiger charge is -1.75. The molecule has 2 rings (SSSR count). The first kappa shape index (κ1) is 8.71. The first-order valence-corrected chi connectivity index (χ1v) is 5.66. The van der Waals surface area contributed by atoms with E-state index < -0.39 is 0 Å². The Bertz CT molecular complexity index is 46.9. The van der Waals surface area contributed by atoms with Gasteiger partial charge in [-0.05, 0) is 12.8 Å². The molecule has 0 saturated carbocycles. The SMILES string of the molecule is C1CNSC1.C1CNSC1. The fourth-order valence-electron chi connectivity index (χ4n) is 0.722. The second kappa shape index (κ2) is 6.34. The highest BCUT2D eigenvalue weighted by Gasteiger charge is 1.94. The zero-order chi connectivity index (χ0) is 7.07. The zero-order valence-electron chi connectivity index (χ0n) is 6.06. The smallest absolute Gasteiger partial charge is 0.00910 e. The molecule has 2 fully saturated rings. The quantitative estimate of drug-likeness (QED) is 0.545. The van der Waals surface area contributed by atoms with Crippen LogP contribution in [0.3, 0.4) is 0 Å². The van der Waals surface area contributed by atoms with Crippen molar-refractivity contribution >= 4 is 23.9 Å². The Hall–Kier alpha value is 0.620. The molecule has 0 spiro atoms. The van der Waals surface area contributed by atoms with E-state index in [2.05, 4.69) is 9.44 Å². The van der Waals surface area contributed by atoms with Crippen molar-refractivity contribution in [2.75, 3.05) is 24.6 Å². The van der Waals surface area contributed by atoms with Crippen LogP contribution in [0, 0.1) is 0 Å². The molecule has 10 heavy (non-hydrogen) atoms. The van der Waals surface area contributed by atoms with Gasteiger partial charge in [0, 0.05) is 24.6 Å². The molecule has 2 aliphatic heterocycles. The molecule has 2 nitrogen and oxygen atoms in total. The van der Waals surface area contributed by atoms with Gasteiger partial charge in [-0.25, -0.2) is 0 Å². The van der Waals surface area contributed by atoms with E-state index in [1.54, 1.807) is 0 Å². The van der Waals surface area contributed by atoms with Gasteiger partial charge in [0.1, 0.15) is 0 Å². The van der Waals surface area contributed by atoms with Gasteiger partial charge in [0.2, 0.25) is 0 Å². The summed E-state index contributed by atoms with van der Waals surface area (Å²) in [6, 6.07) is 0. The van der Waals surface area contributed by atoms with E-state index in [1.807, 2.05) is 23.9 Å². The highest BCUT2D eigenvalue weighted by atomic mass is 32.2. The van der Waals surface area contributed by atoms with Crippen LogP contribution in [0.15, 0.2) is 0 Å². The van der Waals surface area contributed by atoms with E-state index in [4.69, 9.17) is 0 Å². The van der Waals surface area contributed by atoms with Crippen molar-refractivity contribution in [1.29, 1.82) is 0 Å². The predicted octanol–water partition coefficient (Wildman–Crippen LogP) is 1.26. The van der Waals surface area contributed by atoms with E-state index in [9.17, 15) is 0 Å². The minimum atomic E-state index is 1.21. The van der Waals surface area contributed by atoms with E-state index in [0.717, 1.165) is 0 Å². The van der Waals surface area contributed by atoms with Crippen LogP contribution in [0.1, 0.15) is 12.8 Å². The fraction of sp³-hybridized carbons (Fsp3) is 1.00. The van der Waals surface area contributed by atoms with Gasteiger partial charge < -0.3 is 0 Å². The molecule has 0 amide bonds. The molecule has 0 unspecified atom stereocenters. The van der Waals surface area contributed by atoms with Crippen molar-refractivity contribution in [1.82, 2.24) is 9.44 Å². The van der Waals surface area contributed by atoms with Crippen LogP contribution in [0.25, 0.3) is 0 Å². The Balaban J connectivity index is 0.0000001000. The van der Waals surface area contributed by atoms with Crippen molar-refractivity contribution in [2.45, 2.75) is 12.8 Å². The van der Waals surface area contributed by atoms with Gasteiger partial charge in [-0.1, -0.05) is 23.9 Å². The molecule has 4 heteroatoms. The zero-order valence-corrected chi connectivity index (χ0v) is 7.69. The lowest BCUT2D eigenvalue weighted by atomic mass is 10.5. The third-order valence-electron chi connectivity index (χ3n) is 1.25.